The molecule has 0 aliphatic carbocycles. The molecule has 0 spiro atoms. The van der Waals surface area contributed by atoms with Crippen LogP contribution in [0.5, 0.6) is 0 Å². The number of rotatable bonds is 5. The molecule has 8 nitrogen and oxygen atoms in total. The maximum absolute atomic E-state index is 11.8. The second kappa shape index (κ2) is 6.07. The fraction of sp³-hybridized carbons (Fsp3) is 0.545. The Labute approximate surface area is 110 Å². The van der Waals surface area contributed by atoms with Crippen molar-refractivity contribution in [1.82, 2.24) is 14.5 Å². The van der Waals surface area contributed by atoms with E-state index in [1.807, 2.05) is 13.8 Å². The van der Waals surface area contributed by atoms with Crippen LogP contribution in [0.1, 0.15) is 13.8 Å². The molecule has 1 amide bonds. The van der Waals surface area contributed by atoms with Gasteiger partial charge in [0.25, 0.3) is 5.56 Å². The molecule has 1 aromatic rings. The zero-order chi connectivity index (χ0) is 14.6. The molecule has 19 heavy (non-hydrogen) atoms. The van der Waals surface area contributed by atoms with E-state index in [1.54, 1.807) is 4.90 Å². The molecule has 0 atom stereocenters. The van der Waals surface area contributed by atoms with Crippen molar-refractivity contribution in [3.05, 3.63) is 20.8 Å². The summed E-state index contributed by atoms with van der Waals surface area (Å²) >= 11 is 0. The third kappa shape index (κ3) is 3.15. The molecule has 1 rings (SSSR count). The summed E-state index contributed by atoms with van der Waals surface area (Å²) in [5, 5.41) is 2.68. The van der Waals surface area contributed by atoms with E-state index in [4.69, 9.17) is 5.73 Å². The lowest BCUT2D eigenvalue weighted by Gasteiger charge is -2.19. The van der Waals surface area contributed by atoms with Crippen molar-refractivity contribution in [2.75, 3.05) is 30.7 Å². The molecule has 0 fully saturated rings. The summed E-state index contributed by atoms with van der Waals surface area (Å²) in [4.78, 5) is 38.4. The van der Waals surface area contributed by atoms with E-state index >= 15 is 0 Å². The van der Waals surface area contributed by atoms with E-state index in [9.17, 15) is 14.4 Å². The van der Waals surface area contributed by atoms with Crippen molar-refractivity contribution in [3.8, 4) is 0 Å². The van der Waals surface area contributed by atoms with Crippen LogP contribution >= 0.6 is 0 Å². The number of nitrogen functional groups attached to an aromatic ring is 1. The maximum Gasteiger partial charge on any atom is 0.329 e. The van der Waals surface area contributed by atoms with Crippen molar-refractivity contribution in [3.63, 3.8) is 0 Å². The first-order valence-corrected chi connectivity index (χ1v) is 6.02. The summed E-state index contributed by atoms with van der Waals surface area (Å²) in [6.45, 7) is 4.88. The topological polar surface area (TPSA) is 113 Å². The van der Waals surface area contributed by atoms with Gasteiger partial charge in [-0.15, -0.1) is 0 Å². The number of carbonyl (C=O) groups excluding carboxylic acids is 1. The van der Waals surface area contributed by atoms with E-state index in [-0.39, 0.29) is 24.0 Å². The Hall–Kier alpha value is -2.25. The van der Waals surface area contributed by atoms with Crippen molar-refractivity contribution in [1.29, 1.82) is 0 Å². The highest BCUT2D eigenvalue weighted by atomic mass is 16.2. The van der Waals surface area contributed by atoms with Gasteiger partial charge in [-0.05, 0) is 13.8 Å². The number of carbonyl (C=O) groups is 1. The fourth-order valence-electron chi connectivity index (χ4n) is 1.66. The molecule has 8 heteroatoms. The van der Waals surface area contributed by atoms with Gasteiger partial charge < -0.3 is 16.0 Å². The minimum atomic E-state index is -0.632. The molecule has 0 bridgehead atoms. The molecule has 0 aliphatic rings. The smallest absolute Gasteiger partial charge is 0.329 e. The number of anilines is 2. The van der Waals surface area contributed by atoms with Crippen LogP contribution in [-0.2, 0) is 11.8 Å². The van der Waals surface area contributed by atoms with Crippen molar-refractivity contribution >= 4 is 17.4 Å². The summed E-state index contributed by atoms with van der Waals surface area (Å²) in [5.74, 6) is -0.140. The van der Waals surface area contributed by atoms with Crippen LogP contribution in [0, 0.1) is 0 Å². The number of nitrogens with two attached hydrogens (primary N) is 1. The summed E-state index contributed by atoms with van der Waals surface area (Å²) in [7, 11) is 1.44. The number of H-pyrrole nitrogens is 1. The number of aromatic amines is 1. The van der Waals surface area contributed by atoms with Crippen LogP contribution in [0.2, 0.25) is 0 Å². The van der Waals surface area contributed by atoms with Crippen LogP contribution in [0.3, 0.4) is 0 Å². The largest absolute Gasteiger partial charge is 0.383 e. The van der Waals surface area contributed by atoms with Crippen LogP contribution in [0.4, 0.5) is 11.5 Å². The molecule has 4 N–H and O–H groups in total. The number of nitrogens with zero attached hydrogens (tertiary/aromatic N) is 2. The number of hydrogen-bond acceptors (Lipinski definition) is 5. The number of hydrogen-bond donors (Lipinski definition) is 3. The van der Waals surface area contributed by atoms with Crippen LogP contribution < -0.4 is 22.3 Å². The predicted octanol–water partition coefficient (Wildman–Crippen LogP) is -1.06. The average molecular weight is 269 g/mol. The molecule has 0 aromatic carbocycles. The number of aromatic nitrogens is 2. The highest BCUT2D eigenvalue weighted by molar-refractivity contribution is 5.81. The molecular formula is C11H19N5O3. The van der Waals surface area contributed by atoms with Crippen molar-refractivity contribution in [2.45, 2.75) is 13.8 Å². The van der Waals surface area contributed by atoms with Crippen LogP contribution in [-0.4, -0.2) is 40.0 Å². The third-order valence-electron chi connectivity index (χ3n) is 2.90. The second-order valence-corrected chi connectivity index (χ2v) is 4.00. The molecule has 0 saturated carbocycles. The zero-order valence-electron chi connectivity index (χ0n) is 11.3. The number of nitrogens with one attached hydrogen (secondary N) is 2. The monoisotopic (exact) mass is 269 g/mol. The summed E-state index contributed by atoms with van der Waals surface area (Å²) in [5.41, 5.74) is 4.47. The Balaban J connectivity index is 2.91. The van der Waals surface area contributed by atoms with E-state index in [0.717, 1.165) is 4.57 Å². The lowest BCUT2D eigenvalue weighted by atomic mass is 10.4. The van der Waals surface area contributed by atoms with E-state index in [1.165, 1.54) is 7.05 Å². The Morgan fingerprint density at radius 1 is 1.37 bits per heavy atom. The van der Waals surface area contributed by atoms with Gasteiger partial charge in [0.2, 0.25) is 5.91 Å². The Bertz CT molecular complexity index is 571. The van der Waals surface area contributed by atoms with Crippen LogP contribution in [0.25, 0.3) is 0 Å². The normalized spacial score (nSPS) is 10.3. The average Bonchev–Trinajstić information content (AvgIpc) is 2.37. The van der Waals surface area contributed by atoms with E-state index < -0.39 is 11.2 Å². The Kier molecular flexibility index (Phi) is 4.74. The lowest BCUT2D eigenvalue weighted by molar-refractivity contribution is -0.128. The van der Waals surface area contributed by atoms with E-state index in [0.29, 0.717) is 13.1 Å². The number of amides is 1. The standard InChI is InChI=1S/C11H19N5O3/c1-4-16(5-2)7(17)6-13-8-9(12)15(3)11(19)14-10(8)18/h13H,4-6,12H2,1-3H3,(H,14,18,19). The highest BCUT2D eigenvalue weighted by Gasteiger charge is 2.13. The molecular weight excluding hydrogens is 250 g/mol. The van der Waals surface area contributed by atoms with Crippen molar-refractivity contribution < 1.29 is 4.79 Å². The Morgan fingerprint density at radius 2 is 1.95 bits per heavy atom. The first-order valence-electron chi connectivity index (χ1n) is 6.02. The van der Waals surface area contributed by atoms with Gasteiger partial charge >= 0.3 is 5.69 Å². The fourth-order valence-corrected chi connectivity index (χ4v) is 1.66. The third-order valence-corrected chi connectivity index (χ3v) is 2.90. The van der Waals surface area contributed by atoms with Gasteiger partial charge in [0.05, 0.1) is 6.54 Å². The van der Waals surface area contributed by atoms with E-state index in [2.05, 4.69) is 10.3 Å². The molecule has 0 radical (unpaired) electrons. The predicted molar refractivity (Wildman–Crippen MR) is 73.1 cm³/mol. The lowest BCUT2D eigenvalue weighted by Crippen LogP contribution is -2.37. The van der Waals surface area contributed by atoms with Gasteiger partial charge in [0, 0.05) is 20.1 Å². The van der Waals surface area contributed by atoms with Gasteiger partial charge in [-0.3, -0.25) is 19.1 Å². The number of likely N-dealkylation sites (N-methyl/N-ethyl adjacent to an activating group) is 1. The molecule has 0 aliphatic heterocycles. The molecule has 1 heterocycles. The summed E-state index contributed by atoms with van der Waals surface area (Å²) < 4.78 is 1.10. The highest BCUT2D eigenvalue weighted by Crippen LogP contribution is 2.07. The molecule has 0 unspecified atom stereocenters. The van der Waals surface area contributed by atoms with Gasteiger partial charge in [-0.25, -0.2) is 4.79 Å². The minimum absolute atomic E-state index is 0.00102. The van der Waals surface area contributed by atoms with Gasteiger partial charge in [-0.2, -0.15) is 0 Å². The molecule has 0 saturated heterocycles. The minimum Gasteiger partial charge on any atom is -0.383 e. The van der Waals surface area contributed by atoms with Crippen LogP contribution in [0.15, 0.2) is 9.59 Å². The SMILES string of the molecule is CCN(CC)C(=O)CNc1c(N)n(C)c(=O)[nH]c1=O. The van der Waals surface area contributed by atoms with Gasteiger partial charge in [0.15, 0.2) is 0 Å². The zero-order valence-corrected chi connectivity index (χ0v) is 11.3. The molecule has 106 valence electrons. The maximum atomic E-state index is 11.8. The first-order chi connectivity index (χ1) is 8.92. The summed E-state index contributed by atoms with van der Waals surface area (Å²) in [6.07, 6.45) is 0. The van der Waals surface area contributed by atoms with Gasteiger partial charge in [0.1, 0.15) is 11.5 Å². The van der Waals surface area contributed by atoms with Crippen molar-refractivity contribution in [2.24, 2.45) is 7.05 Å². The Morgan fingerprint density at radius 3 is 2.47 bits per heavy atom. The molecule has 1 aromatic heterocycles. The van der Waals surface area contributed by atoms with Gasteiger partial charge in [-0.1, -0.05) is 0 Å². The first kappa shape index (κ1) is 14.8. The second-order valence-electron chi connectivity index (χ2n) is 4.00. The summed E-state index contributed by atoms with van der Waals surface area (Å²) in [6, 6.07) is 0. The quantitative estimate of drug-likeness (QED) is 0.630.